The summed E-state index contributed by atoms with van der Waals surface area (Å²) in [4.78, 5) is -0.817. The number of aryl methyl sites for hydroxylation is 2. The van der Waals surface area contributed by atoms with E-state index in [1.165, 1.54) is 0 Å². The molecule has 1 heterocycles. The highest BCUT2D eigenvalue weighted by Crippen LogP contribution is 2.31. The van der Waals surface area contributed by atoms with E-state index in [1.807, 2.05) is 19.9 Å². The van der Waals surface area contributed by atoms with E-state index in [1.54, 1.807) is 12.1 Å². The van der Waals surface area contributed by atoms with Crippen molar-refractivity contribution in [3.63, 3.8) is 0 Å². The fourth-order valence-electron chi connectivity index (χ4n) is 2.98. The Kier molecular flexibility index (Phi) is 5.05. The normalized spacial score (nSPS) is 12.0. The number of sulfone groups is 1. The molecule has 0 aliphatic carbocycles. The van der Waals surface area contributed by atoms with E-state index in [0.717, 1.165) is 28.1 Å². The first-order valence-electron chi connectivity index (χ1n) is 8.13. The first kappa shape index (κ1) is 20.1. The fourth-order valence-corrected chi connectivity index (χ4v) is 3.71. The third kappa shape index (κ3) is 3.80. The van der Waals surface area contributed by atoms with Gasteiger partial charge >= 0.3 is 0 Å². The number of rotatable bonds is 4. The van der Waals surface area contributed by atoms with Crippen LogP contribution in [-0.4, -0.2) is 24.5 Å². The maximum absolute atomic E-state index is 14.6. The molecule has 3 rings (SSSR count). The van der Waals surface area contributed by atoms with Gasteiger partial charge in [-0.05, 0) is 38.1 Å². The zero-order valence-corrected chi connectivity index (χ0v) is 16.0. The van der Waals surface area contributed by atoms with Gasteiger partial charge < -0.3 is 0 Å². The fraction of sp³-hybridized carbons (Fsp3) is 0.211. The molecule has 0 radical (unpaired) electrons. The summed E-state index contributed by atoms with van der Waals surface area (Å²) in [7, 11) is -4.00. The summed E-state index contributed by atoms with van der Waals surface area (Å²) in [6, 6.07) is 7.54. The van der Waals surface area contributed by atoms with Crippen LogP contribution >= 0.6 is 0 Å². The molecule has 9 heteroatoms. The van der Waals surface area contributed by atoms with Crippen LogP contribution in [0, 0.1) is 25.5 Å². The number of alkyl halides is 2. The SMILES string of the molecule is Cc1cc(C)cc(-c2cc(C(F)F)nn2-c2cc(F)c(S(C)(=O)=O)cc2F)c1. The molecule has 0 bridgehead atoms. The second-order valence-electron chi connectivity index (χ2n) is 6.55. The maximum atomic E-state index is 14.6. The monoisotopic (exact) mass is 412 g/mol. The Bertz CT molecular complexity index is 1150. The highest BCUT2D eigenvalue weighted by atomic mass is 32.2. The summed E-state index contributed by atoms with van der Waals surface area (Å²) in [5.74, 6) is -2.30. The van der Waals surface area contributed by atoms with Gasteiger partial charge in [0.25, 0.3) is 6.43 Å². The van der Waals surface area contributed by atoms with Crippen molar-refractivity contribution in [3.05, 3.63) is 64.9 Å². The van der Waals surface area contributed by atoms with Gasteiger partial charge in [-0.2, -0.15) is 5.10 Å². The van der Waals surface area contributed by atoms with Crippen molar-refractivity contribution in [2.24, 2.45) is 0 Å². The standard InChI is InChI=1S/C19H16F4N2O2S/c1-10-4-11(2)6-12(5-10)16-9-15(19(22)23)24-25(16)17-7-14(21)18(8-13(17)20)28(3,26)27/h4-9,19H,1-3H3. The molecule has 2 aromatic carbocycles. The number of hydrogen-bond donors (Lipinski definition) is 0. The van der Waals surface area contributed by atoms with Gasteiger partial charge in [0.1, 0.15) is 27.9 Å². The van der Waals surface area contributed by atoms with Crippen LogP contribution in [0.2, 0.25) is 0 Å². The molecular formula is C19H16F4N2O2S. The zero-order chi connectivity index (χ0) is 20.8. The molecule has 0 fully saturated rings. The van der Waals surface area contributed by atoms with Gasteiger partial charge in [0, 0.05) is 17.9 Å². The number of nitrogens with zero attached hydrogens (tertiary/aromatic N) is 2. The second kappa shape index (κ2) is 7.05. The molecule has 28 heavy (non-hydrogen) atoms. The van der Waals surface area contributed by atoms with Crippen molar-refractivity contribution >= 4 is 9.84 Å². The lowest BCUT2D eigenvalue weighted by Gasteiger charge is -2.12. The molecule has 0 aliphatic heterocycles. The molecule has 3 aromatic rings. The summed E-state index contributed by atoms with van der Waals surface area (Å²) in [5.41, 5.74) is 1.24. The predicted molar refractivity (Wildman–Crippen MR) is 96.5 cm³/mol. The van der Waals surface area contributed by atoms with Crippen LogP contribution in [0.5, 0.6) is 0 Å². The molecule has 1 aromatic heterocycles. The first-order chi connectivity index (χ1) is 13.0. The van der Waals surface area contributed by atoms with Crippen molar-refractivity contribution in [2.45, 2.75) is 25.2 Å². The number of benzene rings is 2. The lowest BCUT2D eigenvalue weighted by Crippen LogP contribution is -2.08. The molecule has 0 amide bonds. The minimum absolute atomic E-state index is 0.132. The minimum atomic E-state index is -4.00. The summed E-state index contributed by atoms with van der Waals surface area (Å²) < 4.78 is 79.4. The molecule has 0 saturated carbocycles. The molecule has 0 aliphatic rings. The Morgan fingerprint density at radius 3 is 2.07 bits per heavy atom. The van der Waals surface area contributed by atoms with E-state index >= 15 is 0 Å². The van der Waals surface area contributed by atoms with Gasteiger partial charge in [-0.15, -0.1) is 0 Å². The van der Waals surface area contributed by atoms with Crippen LogP contribution < -0.4 is 0 Å². The molecule has 0 unspecified atom stereocenters. The Morgan fingerprint density at radius 2 is 1.54 bits per heavy atom. The van der Waals surface area contributed by atoms with E-state index < -0.39 is 44.2 Å². The average Bonchev–Trinajstić information content (AvgIpc) is 3.00. The third-order valence-electron chi connectivity index (χ3n) is 4.10. The second-order valence-corrected chi connectivity index (χ2v) is 8.53. The zero-order valence-electron chi connectivity index (χ0n) is 15.2. The van der Waals surface area contributed by atoms with E-state index in [4.69, 9.17) is 0 Å². The molecular weight excluding hydrogens is 396 g/mol. The average molecular weight is 412 g/mol. The summed E-state index contributed by atoms with van der Waals surface area (Å²) in [6.07, 6.45) is -2.18. The third-order valence-corrected chi connectivity index (χ3v) is 5.21. The van der Waals surface area contributed by atoms with Crippen LogP contribution in [0.25, 0.3) is 16.9 Å². The van der Waals surface area contributed by atoms with Crippen LogP contribution in [0.3, 0.4) is 0 Å². The predicted octanol–water partition coefficient (Wildman–Crippen LogP) is 4.78. The number of halogens is 4. The lowest BCUT2D eigenvalue weighted by atomic mass is 10.0. The molecule has 0 saturated heterocycles. The van der Waals surface area contributed by atoms with E-state index in [2.05, 4.69) is 5.10 Å². The maximum Gasteiger partial charge on any atom is 0.282 e. The van der Waals surface area contributed by atoms with E-state index in [-0.39, 0.29) is 5.69 Å². The Morgan fingerprint density at radius 1 is 0.929 bits per heavy atom. The largest absolute Gasteiger partial charge is 0.282 e. The number of aromatic nitrogens is 2. The van der Waals surface area contributed by atoms with Gasteiger partial charge in [-0.1, -0.05) is 17.2 Å². The number of hydrogen-bond acceptors (Lipinski definition) is 3. The van der Waals surface area contributed by atoms with Crippen molar-refractivity contribution in [3.8, 4) is 16.9 Å². The van der Waals surface area contributed by atoms with Crippen LogP contribution in [-0.2, 0) is 9.84 Å². The summed E-state index contributed by atoms with van der Waals surface area (Å²) in [5, 5.41) is 3.72. The highest BCUT2D eigenvalue weighted by molar-refractivity contribution is 7.90. The molecule has 0 spiro atoms. The quantitative estimate of drug-likeness (QED) is 0.580. The topological polar surface area (TPSA) is 52.0 Å². The van der Waals surface area contributed by atoms with Gasteiger partial charge in [0.05, 0.1) is 5.69 Å². The molecule has 4 nitrogen and oxygen atoms in total. The van der Waals surface area contributed by atoms with Crippen molar-refractivity contribution < 1.29 is 26.0 Å². The van der Waals surface area contributed by atoms with Crippen LogP contribution in [0.4, 0.5) is 17.6 Å². The van der Waals surface area contributed by atoms with E-state index in [9.17, 15) is 26.0 Å². The van der Waals surface area contributed by atoms with Crippen LogP contribution in [0.15, 0.2) is 41.3 Å². The molecule has 148 valence electrons. The molecule has 0 N–H and O–H groups in total. The van der Waals surface area contributed by atoms with Gasteiger partial charge in [0.15, 0.2) is 9.84 Å². The summed E-state index contributed by atoms with van der Waals surface area (Å²) >= 11 is 0. The summed E-state index contributed by atoms with van der Waals surface area (Å²) in [6.45, 7) is 3.62. The Balaban J connectivity index is 2.29. The van der Waals surface area contributed by atoms with E-state index in [0.29, 0.717) is 17.7 Å². The first-order valence-corrected chi connectivity index (χ1v) is 10.0. The Hall–Kier alpha value is -2.68. The lowest BCUT2D eigenvalue weighted by molar-refractivity contribution is 0.145. The van der Waals surface area contributed by atoms with Crippen molar-refractivity contribution in [1.82, 2.24) is 9.78 Å². The molecule has 0 atom stereocenters. The van der Waals surface area contributed by atoms with Crippen molar-refractivity contribution in [2.75, 3.05) is 6.26 Å². The van der Waals surface area contributed by atoms with Gasteiger partial charge in [-0.3, -0.25) is 0 Å². The van der Waals surface area contributed by atoms with Crippen molar-refractivity contribution in [1.29, 1.82) is 0 Å². The van der Waals surface area contributed by atoms with Crippen LogP contribution in [0.1, 0.15) is 23.2 Å². The van der Waals surface area contributed by atoms with Gasteiger partial charge in [-0.25, -0.2) is 30.7 Å². The minimum Gasteiger partial charge on any atom is -0.230 e. The highest BCUT2D eigenvalue weighted by Gasteiger charge is 2.23. The Labute approximate surface area is 159 Å². The van der Waals surface area contributed by atoms with Gasteiger partial charge in [0.2, 0.25) is 0 Å². The smallest absolute Gasteiger partial charge is 0.230 e.